The van der Waals surface area contributed by atoms with E-state index < -0.39 is 58.3 Å². The van der Waals surface area contributed by atoms with Crippen molar-refractivity contribution in [3.05, 3.63) is 35.4 Å². The number of fused-ring (bicyclic) bond motifs is 5. The van der Waals surface area contributed by atoms with E-state index in [-0.39, 0.29) is 16.7 Å². The zero-order valence-corrected chi connectivity index (χ0v) is 11.5. The molecule has 1 aliphatic heterocycles. The maximum atomic E-state index is 14.1. The molecule has 4 atom stereocenters. The number of benzene rings is 1. The smallest absolute Gasteiger partial charge is 0.238 e. The van der Waals surface area contributed by atoms with Crippen LogP contribution < -0.4 is 10.6 Å². The lowest BCUT2D eigenvalue weighted by Gasteiger charge is -2.19. The number of amides is 2. The van der Waals surface area contributed by atoms with E-state index in [2.05, 4.69) is 0 Å². The van der Waals surface area contributed by atoms with Crippen LogP contribution in [-0.2, 0) is 9.59 Å². The van der Waals surface area contributed by atoms with Crippen LogP contribution in [0.4, 0.5) is 28.9 Å². The van der Waals surface area contributed by atoms with Gasteiger partial charge in [0.15, 0.2) is 23.3 Å². The highest BCUT2D eigenvalue weighted by Gasteiger charge is 2.60. The molecule has 2 bridgehead atoms. The van der Waals surface area contributed by atoms with Crippen LogP contribution in [0.5, 0.6) is 0 Å². The average molecular weight is 326 g/mol. The van der Waals surface area contributed by atoms with Gasteiger partial charge in [0.25, 0.3) is 0 Å². The van der Waals surface area contributed by atoms with E-state index in [0.29, 0.717) is 6.42 Å². The number of nitrogen functional groups attached to an aromatic ring is 1. The summed E-state index contributed by atoms with van der Waals surface area (Å²) in [6.07, 6.45) is 4.20. The average Bonchev–Trinajstić information content (AvgIpc) is 3.20. The van der Waals surface area contributed by atoms with Gasteiger partial charge in [0.05, 0.1) is 11.8 Å². The molecule has 2 N–H and O–H groups in total. The fourth-order valence-corrected chi connectivity index (χ4v) is 3.96. The fourth-order valence-electron chi connectivity index (χ4n) is 3.96. The van der Waals surface area contributed by atoms with Gasteiger partial charge in [-0.15, -0.1) is 0 Å². The van der Waals surface area contributed by atoms with Crippen LogP contribution in [0.3, 0.4) is 0 Å². The number of anilines is 2. The highest BCUT2D eigenvalue weighted by atomic mass is 19.2. The standard InChI is InChI=1S/C15H10F4N2O2/c16-8-10(18)13(11(19)9(17)12(8)20)21-14(22)6-4-1-2-5(3-4)7(6)15(21)23/h1-2,4-7H,3,20H2/t4-,5+,6-,7?/m0/s1. The minimum absolute atomic E-state index is 0.193. The topological polar surface area (TPSA) is 63.4 Å². The Hall–Kier alpha value is -2.38. The van der Waals surface area contributed by atoms with E-state index in [1.807, 2.05) is 0 Å². The molecule has 1 saturated carbocycles. The van der Waals surface area contributed by atoms with Crippen molar-refractivity contribution in [3.63, 3.8) is 0 Å². The third kappa shape index (κ3) is 1.55. The quantitative estimate of drug-likeness (QED) is 0.283. The first-order valence-corrected chi connectivity index (χ1v) is 7.02. The molecule has 2 fully saturated rings. The summed E-state index contributed by atoms with van der Waals surface area (Å²) in [7, 11) is 0. The van der Waals surface area contributed by atoms with E-state index >= 15 is 0 Å². The number of hydrogen-bond donors (Lipinski definition) is 1. The Kier molecular flexibility index (Phi) is 2.68. The molecule has 2 aliphatic carbocycles. The van der Waals surface area contributed by atoms with E-state index in [1.165, 1.54) is 0 Å². The Morgan fingerprint density at radius 1 is 0.870 bits per heavy atom. The van der Waals surface area contributed by atoms with Crippen molar-refractivity contribution < 1.29 is 27.2 Å². The van der Waals surface area contributed by atoms with E-state index in [9.17, 15) is 27.2 Å². The fraction of sp³-hybridized carbons (Fsp3) is 0.333. The second kappa shape index (κ2) is 4.33. The number of rotatable bonds is 1. The second-order valence-electron chi connectivity index (χ2n) is 6.03. The third-order valence-electron chi connectivity index (χ3n) is 4.97. The van der Waals surface area contributed by atoms with Crippen LogP contribution in [-0.4, -0.2) is 11.8 Å². The van der Waals surface area contributed by atoms with Gasteiger partial charge in [-0.3, -0.25) is 9.59 Å². The monoisotopic (exact) mass is 326 g/mol. The molecule has 0 aromatic heterocycles. The normalized spacial score (nSPS) is 31.4. The molecule has 1 heterocycles. The molecule has 0 spiro atoms. The minimum Gasteiger partial charge on any atom is -0.394 e. The molecule has 4 nitrogen and oxygen atoms in total. The molecule has 8 heteroatoms. The second-order valence-corrected chi connectivity index (χ2v) is 6.03. The van der Waals surface area contributed by atoms with Crippen molar-refractivity contribution in [1.82, 2.24) is 0 Å². The van der Waals surface area contributed by atoms with Crippen LogP contribution in [0.1, 0.15) is 6.42 Å². The van der Waals surface area contributed by atoms with Crippen molar-refractivity contribution in [2.24, 2.45) is 23.7 Å². The number of hydrogen-bond acceptors (Lipinski definition) is 3. The summed E-state index contributed by atoms with van der Waals surface area (Å²) in [6, 6.07) is 0. The van der Waals surface area contributed by atoms with Crippen molar-refractivity contribution in [1.29, 1.82) is 0 Å². The number of allylic oxidation sites excluding steroid dienone is 2. The number of halogens is 4. The van der Waals surface area contributed by atoms with Gasteiger partial charge in [0.1, 0.15) is 11.4 Å². The third-order valence-corrected chi connectivity index (χ3v) is 4.97. The summed E-state index contributed by atoms with van der Waals surface area (Å²) in [5.74, 6) is -10.9. The van der Waals surface area contributed by atoms with Crippen LogP contribution in [0.2, 0.25) is 0 Å². The van der Waals surface area contributed by atoms with Gasteiger partial charge in [-0.2, -0.15) is 0 Å². The van der Waals surface area contributed by atoms with Gasteiger partial charge < -0.3 is 5.73 Å². The number of nitrogens with two attached hydrogens (primary N) is 1. The van der Waals surface area contributed by atoms with E-state index in [4.69, 9.17) is 5.73 Å². The van der Waals surface area contributed by atoms with E-state index in [1.54, 1.807) is 12.2 Å². The summed E-state index contributed by atoms with van der Waals surface area (Å²) < 4.78 is 55.4. The van der Waals surface area contributed by atoms with Gasteiger partial charge in [0.2, 0.25) is 11.8 Å². The van der Waals surface area contributed by atoms with Crippen LogP contribution >= 0.6 is 0 Å². The number of carbonyl (C=O) groups excluding carboxylic acids is 2. The Bertz CT molecular complexity index is 748. The number of carbonyl (C=O) groups is 2. The molecule has 2 amide bonds. The zero-order valence-electron chi connectivity index (χ0n) is 11.5. The molecule has 1 saturated heterocycles. The molecule has 1 unspecified atom stereocenters. The summed E-state index contributed by atoms with van der Waals surface area (Å²) in [5, 5.41) is 0. The summed E-state index contributed by atoms with van der Waals surface area (Å²) in [6.45, 7) is 0. The molecule has 1 aromatic rings. The lowest BCUT2D eigenvalue weighted by atomic mass is 9.85. The first-order valence-electron chi connectivity index (χ1n) is 7.02. The van der Waals surface area contributed by atoms with Gasteiger partial charge in [-0.25, -0.2) is 22.5 Å². The summed E-state index contributed by atoms with van der Waals surface area (Å²) in [4.78, 5) is 25.2. The molecule has 1 aromatic carbocycles. The largest absolute Gasteiger partial charge is 0.394 e. The molecule has 3 aliphatic rings. The lowest BCUT2D eigenvalue weighted by molar-refractivity contribution is -0.123. The molecule has 0 radical (unpaired) electrons. The van der Waals surface area contributed by atoms with Gasteiger partial charge in [-0.05, 0) is 18.3 Å². The zero-order chi connectivity index (χ0) is 16.6. The predicted octanol–water partition coefficient (Wildman–Crippen LogP) is 2.14. The maximum absolute atomic E-state index is 14.1. The highest BCUT2D eigenvalue weighted by molar-refractivity contribution is 6.23. The summed E-state index contributed by atoms with van der Waals surface area (Å²) >= 11 is 0. The molecule has 23 heavy (non-hydrogen) atoms. The summed E-state index contributed by atoms with van der Waals surface area (Å²) in [5.41, 5.74) is 2.29. The Labute approximate surface area is 127 Å². The number of nitrogens with zero attached hydrogens (tertiary/aromatic N) is 1. The Balaban J connectivity index is 1.88. The minimum atomic E-state index is -1.84. The van der Waals surface area contributed by atoms with Crippen molar-refractivity contribution in [2.45, 2.75) is 6.42 Å². The Morgan fingerprint density at radius 3 is 1.74 bits per heavy atom. The van der Waals surface area contributed by atoms with Crippen LogP contribution in [0, 0.1) is 46.9 Å². The van der Waals surface area contributed by atoms with Crippen LogP contribution in [0.15, 0.2) is 12.2 Å². The van der Waals surface area contributed by atoms with Crippen molar-refractivity contribution in [2.75, 3.05) is 10.6 Å². The number of imide groups is 1. The molecular formula is C15H10F4N2O2. The first-order chi connectivity index (χ1) is 10.8. The van der Waals surface area contributed by atoms with Crippen molar-refractivity contribution >= 4 is 23.2 Å². The molecule has 120 valence electrons. The van der Waals surface area contributed by atoms with Crippen molar-refractivity contribution in [3.8, 4) is 0 Å². The molecule has 4 rings (SSSR count). The SMILES string of the molecule is Nc1c(F)c(F)c(N2C(=O)C3[C@@H]4C=C[C@@H](C4)[C@@H]3C2=O)c(F)c1F. The van der Waals surface area contributed by atoms with Crippen LogP contribution in [0.25, 0.3) is 0 Å². The Morgan fingerprint density at radius 2 is 1.30 bits per heavy atom. The molecular weight excluding hydrogens is 316 g/mol. The predicted molar refractivity (Wildman–Crippen MR) is 70.9 cm³/mol. The van der Waals surface area contributed by atoms with Gasteiger partial charge in [0, 0.05) is 0 Å². The van der Waals surface area contributed by atoms with E-state index in [0.717, 1.165) is 0 Å². The van der Waals surface area contributed by atoms with Gasteiger partial charge >= 0.3 is 0 Å². The first kappa shape index (κ1) is 14.2. The highest BCUT2D eigenvalue weighted by Crippen LogP contribution is 2.53. The maximum Gasteiger partial charge on any atom is 0.238 e. The lowest BCUT2D eigenvalue weighted by Crippen LogP contribution is -2.35. The van der Waals surface area contributed by atoms with Gasteiger partial charge in [-0.1, -0.05) is 12.2 Å².